The number of ether oxygens (including phenoxy) is 1. The van der Waals surface area contributed by atoms with Gasteiger partial charge in [-0.2, -0.15) is 0 Å². The lowest BCUT2D eigenvalue weighted by Gasteiger charge is -2.29. The lowest BCUT2D eigenvalue weighted by molar-refractivity contribution is -0.153. The van der Waals surface area contributed by atoms with E-state index in [0.717, 1.165) is 17.5 Å². The molecule has 1 N–H and O–H groups in total. The van der Waals surface area contributed by atoms with Crippen LogP contribution in [0.2, 0.25) is 0 Å². The summed E-state index contributed by atoms with van der Waals surface area (Å²) in [5.41, 5.74) is 2.03. The molecule has 0 saturated heterocycles. The van der Waals surface area contributed by atoms with Gasteiger partial charge in [0.05, 0.1) is 0 Å². The minimum absolute atomic E-state index is 0.335. The fraction of sp³-hybridized carbons (Fsp3) is 0.417. The molecule has 1 aromatic rings. The van der Waals surface area contributed by atoms with Gasteiger partial charge in [-0.3, -0.25) is 4.79 Å². The molecule has 0 aromatic heterocycles. The number of hydrogen-bond acceptors (Lipinski definition) is 3. The normalized spacial score (nSPS) is 24.4. The molecule has 0 bridgehead atoms. The lowest BCUT2D eigenvalue weighted by atomic mass is 9.87. The molecule has 2 atom stereocenters. The summed E-state index contributed by atoms with van der Waals surface area (Å²) in [4.78, 5) is 10.8. The Bertz CT molecular complexity index is 373. The first-order valence-electron chi connectivity index (χ1n) is 5.11. The molecule has 3 nitrogen and oxygen atoms in total. The van der Waals surface area contributed by atoms with Crippen molar-refractivity contribution in [2.75, 3.05) is 0 Å². The Morgan fingerprint density at radius 3 is 2.93 bits per heavy atom. The van der Waals surface area contributed by atoms with E-state index in [-0.39, 0.29) is 5.97 Å². The van der Waals surface area contributed by atoms with Crippen molar-refractivity contribution in [3.63, 3.8) is 0 Å². The highest BCUT2D eigenvalue weighted by atomic mass is 16.6. The van der Waals surface area contributed by atoms with Gasteiger partial charge in [-0.25, -0.2) is 0 Å². The summed E-state index contributed by atoms with van der Waals surface area (Å²) < 4.78 is 5.07. The first-order valence-corrected chi connectivity index (χ1v) is 5.11. The number of carbonyl (C=O) groups excluding carboxylic acids is 1. The van der Waals surface area contributed by atoms with E-state index in [1.807, 2.05) is 24.3 Å². The Hall–Kier alpha value is -1.35. The van der Waals surface area contributed by atoms with Crippen LogP contribution < -0.4 is 0 Å². The number of carbonyl (C=O) groups is 1. The van der Waals surface area contributed by atoms with Crippen LogP contribution in [0.25, 0.3) is 0 Å². The van der Waals surface area contributed by atoms with Gasteiger partial charge >= 0.3 is 5.97 Å². The van der Waals surface area contributed by atoms with Crippen LogP contribution in [-0.2, 0) is 16.0 Å². The Labute approximate surface area is 88.7 Å². The third-order valence-corrected chi connectivity index (χ3v) is 2.74. The van der Waals surface area contributed by atoms with Gasteiger partial charge < -0.3 is 9.84 Å². The molecular formula is C12H14O3. The SMILES string of the molecule is CC(=O)O[C@@H]1CCc2ccccc2[C@@H]1O. The molecule has 2 rings (SSSR count). The number of fused-ring (bicyclic) bond motifs is 1. The van der Waals surface area contributed by atoms with Crippen molar-refractivity contribution >= 4 is 5.97 Å². The number of aryl methyl sites for hydroxylation is 1. The standard InChI is InChI=1S/C12H14O3/c1-8(13)15-11-7-6-9-4-2-3-5-10(9)12(11)14/h2-5,11-12,14H,6-7H2,1H3/t11-,12+/m1/s1. The molecule has 1 aliphatic carbocycles. The number of rotatable bonds is 1. The Balaban J connectivity index is 2.22. The van der Waals surface area contributed by atoms with Crippen molar-refractivity contribution in [2.24, 2.45) is 0 Å². The second kappa shape index (κ2) is 4.03. The summed E-state index contributed by atoms with van der Waals surface area (Å²) in [7, 11) is 0. The number of benzene rings is 1. The molecule has 0 fully saturated rings. The van der Waals surface area contributed by atoms with Gasteiger partial charge in [-0.1, -0.05) is 24.3 Å². The molecule has 15 heavy (non-hydrogen) atoms. The molecule has 0 amide bonds. The molecule has 80 valence electrons. The fourth-order valence-electron chi connectivity index (χ4n) is 2.04. The number of aliphatic hydroxyl groups excluding tert-OH is 1. The van der Waals surface area contributed by atoms with E-state index in [1.165, 1.54) is 6.92 Å². The highest BCUT2D eigenvalue weighted by molar-refractivity contribution is 5.66. The highest BCUT2D eigenvalue weighted by Crippen LogP contribution is 2.31. The van der Waals surface area contributed by atoms with Crippen molar-refractivity contribution in [3.05, 3.63) is 35.4 Å². The molecular weight excluding hydrogens is 192 g/mol. The van der Waals surface area contributed by atoms with E-state index < -0.39 is 12.2 Å². The predicted molar refractivity (Wildman–Crippen MR) is 55.3 cm³/mol. The van der Waals surface area contributed by atoms with Gasteiger partial charge in [-0.05, 0) is 24.0 Å². The second-order valence-corrected chi connectivity index (χ2v) is 3.83. The summed E-state index contributed by atoms with van der Waals surface area (Å²) >= 11 is 0. The second-order valence-electron chi connectivity index (χ2n) is 3.83. The van der Waals surface area contributed by atoms with Gasteiger partial charge in [0.1, 0.15) is 12.2 Å². The number of aliphatic hydroxyl groups is 1. The topological polar surface area (TPSA) is 46.5 Å². The first-order chi connectivity index (χ1) is 7.18. The highest BCUT2D eigenvalue weighted by Gasteiger charge is 2.29. The van der Waals surface area contributed by atoms with Crippen LogP contribution in [0.4, 0.5) is 0 Å². The zero-order chi connectivity index (χ0) is 10.8. The van der Waals surface area contributed by atoms with E-state index in [4.69, 9.17) is 4.74 Å². The molecule has 0 unspecified atom stereocenters. The van der Waals surface area contributed by atoms with Gasteiger partial charge in [0.2, 0.25) is 0 Å². The smallest absolute Gasteiger partial charge is 0.303 e. The summed E-state index contributed by atoms with van der Waals surface area (Å²) in [6, 6.07) is 7.73. The van der Waals surface area contributed by atoms with Gasteiger partial charge in [0.25, 0.3) is 0 Å². The third-order valence-electron chi connectivity index (χ3n) is 2.74. The summed E-state index contributed by atoms with van der Waals surface area (Å²) in [5.74, 6) is -0.335. The molecule has 0 radical (unpaired) electrons. The average molecular weight is 206 g/mol. The molecule has 0 heterocycles. The minimum atomic E-state index is -0.682. The van der Waals surface area contributed by atoms with E-state index in [0.29, 0.717) is 6.42 Å². The summed E-state index contributed by atoms with van der Waals surface area (Å²) in [6.07, 6.45) is 0.472. The van der Waals surface area contributed by atoms with Crippen molar-refractivity contribution in [3.8, 4) is 0 Å². The molecule has 3 heteroatoms. The van der Waals surface area contributed by atoms with Crippen molar-refractivity contribution < 1.29 is 14.6 Å². The quantitative estimate of drug-likeness (QED) is 0.710. The molecule has 0 spiro atoms. The summed E-state index contributed by atoms with van der Waals surface area (Å²) in [5, 5.41) is 9.99. The minimum Gasteiger partial charge on any atom is -0.459 e. The molecule has 0 aliphatic heterocycles. The third kappa shape index (κ3) is 2.02. The van der Waals surface area contributed by atoms with Crippen LogP contribution in [-0.4, -0.2) is 17.2 Å². The van der Waals surface area contributed by atoms with Crippen LogP contribution in [0.5, 0.6) is 0 Å². The van der Waals surface area contributed by atoms with E-state index in [2.05, 4.69) is 0 Å². The largest absolute Gasteiger partial charge is 0.459 e. The maximum atomic E-state index is 10.8. The van der Waals surface area contributed by atoms with Crippen molar-refractivity contribution in [1.29, 1.82) is 0 Å². The monoisotopic (exact) mass is 206 g/mol. The zero-order valence-corrected chi connectivity index (χ0v) is 8.64. The first kappa shape index (κ1) is 10.2. The summed E-state index contributed by atoms with van der Waals surface area (Å²) in [6.45, 7) is 1.37. The van der Waals surface area contributed by atoms with Crippen molar-refractivity contribution in [2.45, 2.75) is 32.0 Å². The lowest BCUT2D eigenvalue weighted by Crippen LogP contribution is -2.29. The van der Waals surface area contributed by atoms with Crippen LogP contribution >= 0.6 is 0 Å². The van der Waals surface area contributed by atoms with E-state index in [1.54, 1.807) is 0 Å². The fourth-order valence-corrected chi connectivity index (χ4v) is 2.04. The molecule has 1 aliphatic rings. The maximum Gasteiger partial charge on any atom is 0.303 e. The van der Waals surface area contributed by atoms with Gasteiger partial charge in [0, 0.05) is 6.92 Å². The molecule has 1 aromatic carbocycles. The Kier molecular flexibility index (Phi) is 2.73. The van der Waals surface area contributed by atoms with Crippen LogP contribution in [0.15, 0.2) is 24.3 Å². The van der Waals surface area contributed by atoms with Gasteiger partial charge in [-0.15, -0.1) is 0 Å². The predicted octanol–water partition coefficient (Wildman–Crippen LogP) is 1.60. The van der Waals surface area contributed by atoms with Crippen LogP contribution in [0, 0.1) is 0 Å². The van der Waals surface area contributed by atoms with E-state index in [9.17, 15) is 9.90 Å². The Morgan fingerprint density at radius 2 is 2.20 bits per heavy atom. The van der Waals surface area contributed by atoms with E-state index >= 15 is 0 Å². The Morgan fingerprint density at radius 1 is 1.47 bits per heavy atom. The van der Waals surface area contributed by atoms with Crippen LogP contribution in [0.1, 0.15) is 30.6 Å². The molecule has 0 saturated carbocycles. The number of hydrogen-bond donors (Lipinski definition) is 1. The van der Waals surface area contributed by atoms with Crippen molar-refractivity contribution in [1.82, 2.24) is 0 Å². The van der Waals surface area contributed by atoms with Crippen LogP contribution in [0.3, 0.4) is 0 Å². The number of esters is 1. The maximum absolute atomic E-state index is 10.8. The van der Waals surface area contributed by atoms with Gasteiger partial charge in [0.15, 0.2) is 0 Å². The average Bonchev–Trinajstić information content (AvgIpc) is 2.22. The zero-order valence-electron chi connectivity index (χ0n) is 8.64.